The zero-order chi connectivity index (χ0) is 18.3. The van der Waals surface area contributed by atoms with E-state index in [2.05, 4.69) is 0 Å². The minimum atomic E-state index is -5.76. The molecule has 1 N–H and O–H groups in total. The smallest absolute Gasteiger partial charge is 0.316 e. The van der Waals surface area contributed by atoms with Gasteiger partial charge in [-0.3, -0.25) is 4.79 Å². The van der Waals surface area contributed by atoms with E-state index < -0.39 is 24.2 Å². The molecule has 3 nitrogen and oxygen atoms in total. The number of anilines is 1. The number of rotatable bonds is 2. The molecule has 1 amide bonds. The van der Waals surface area contributed by atoms with Crippen LogP contribution < -0.4 is 5.32 Å². The summed E-state index contributed by atoms with van der Waals surface area (Å²) in [6.45, 7) is 1.95. The zero-order valence-corrected chi connectivity index (χ0v) is 13.1. The Morgan fingerprint density at radius 1 is 1.29 bits per heavy atom. The summed E-state index contributed by atoms with van der Waals surface area (Å²) in [7, 11) is 0. The lowest BCUT2D eigenvalue weighted by atomic mass is 9.88. The molecule has 1 aliphatic carbocycles. The van der Waals surface area contributed by atoms with Crippen LogP contribution in [0.5, 0.6) is 0 Å². The van der Waals surface area contributed by atoms with E-state index in [0.717, 1.165) is 22.6 Å². The van der Waals surface area contributed by atoms with Gasteiger partial charge in [0.25, 0.3) is 0 Å². The molecule has 1 atom stereocenters. The molecular weight excluding hydrogens is 358 g/mol. The number of carbonyl (C=O) groups excluding carboxylic acids is 1. The van der Waals surface area contributed by atoms with Crippen LogP contribution in [0.15, 0.2) is 0 Å². The van der Waals surface area contributed by atoms with Gasteiger partial charge in [0.15, 0.2) is 0 Å². The van der Waals surface area contributed by atoms with E-state index in [1.54, 1.807) is 11.4 Å². The van der Waals surface area contributed by atoms with Crippen LogP contribution in [-0.4, -0.2) is 18.3 Å². The van der Waals surface area contributed by atoms with E-state index in [1.807, 2.05) is 6.92 Å². The number of thiophene rings is 1. The van der Waals surface area contributed by atoms with Crippen molar-refractivity contribution >= 4 is 22.2 Å². The first-order valence-corrected chi connectivity index (χ1v) is 7.75. The average molecular weight is 370 g/mol. The Labute approximate surface area is 137 Å². The summed E-state index contributed by atoms with van der Waals surface area (Å²) in [5.74, 6) is -6.06. The SMILES string of the molecule is C[C@H]1CCc2c(sc(NC(=O)C(C(F)(F)F)C(F)(F)F)c2C#N)C1. The Balaban J connectivity index is 2.34. The highest BCUT2D eigenvalue weighted by Gasteiger charge is 2.61. The normalized spacial score (nSPS) is 18.2. The van der Waals surface area contributed by atoms with Gasteiger partial charge in [-0.2, -0.15) is 31.6 Å². The highest BCUT2D eigenvalue weighted by molar-refractivity contribution is 7.16. The first-order valence-electron chi connectivity index (χ1n) is 6.94. The standard InChI is InChI=1S/C14H12F6N2OS/c1-6-2-3-7-8(5-21)12(24-9(7)4-6)22-11(23)10(13(15,16)17)14(18,19)20/h6,10H,2-4H2,1H3,(H,22,23)/t6-/m0/s1. The number of hydrogen-bond acceptors (Lipinski definition) is 3. The van der Waals surface area contributed by atoms with Crippen molar-refractivity contribution in [1.29, 1.82) is 5.26 Å². The third kappa shape index (κ3) is 3.66. The first kappa shape index (κ1) is 18.6. The summed E-state index contributed by atoms with van der Waals surface area (Å²) in [6, 6.07) is 1.77. The number of nitrogens with one attached hydrogen (secondary N) is 1. The Hall–Kier alpha value is -1.76. The van der Waals surface area contributed by atoms with Crippen LogP contribution in [0.25, 0.3) is 0 Å². The molecule has 1 aromatic heterocycles. The Kier molecular flexibility index (Phi) is 4.86. The molecule has 0 fully saturated rings. The summed E-state index contributed by atoms with van der Waals surface area (Å²) >= 11 is 0.868. The minimum absolute atomic E-state index is 0.0432. The van der Waals surface area contributed by atoms with Crippen molar-refractivity contribution in [1.82, 2.24) is 0 Å². The predicted molar refractivity (Wildman–Crippen MR) is 74.5 cm³/mol. The number of halogens is 6. The fraction of sp³-hybridized carbons (Fsp3) is 0.571. The van der Waals surface area contributed by atoms with Crippen molar-refractivity contribution in [3.05, 3.63) is 16.0 Å². The molecule has 0 saturated carbocycles. The lowest BCUT2D eigenvalue weighted by molar-refractivity contribution is -0.272. The lowest BCUT2D eigenvalue weighted by Crippen LogP contribution is -2.45. The largest absolute Gasteiger partial charge is 0.409 e. The minimum Gasteiger partial charge on any atom is -0.316 e. The fourth-order valence-electron chi connectivity index (χ4n) is 2.62. The molecule has 132 valence electrons. The first-order chi connectivity index (χ1) is 10.9. The van der Waals surface area contributed by atoms with E-state index in [4.69, 9.17) is 5.26 Å². The van der Waals surface area contributed by atoms with Crippen molar-refractivity contribution in [2.45, 2.75) is 38.5 Å². The quantitative estimate of drug-likeness (QED) is 0.784. The molecule has 0 aliphatic heterocycles. The van der Waals surface area contributed by atoms with Crippen LogP contribution in [0.1, 0.15) is 29.3 Å². The van der Waals surface area contributed by atoms with E-state index in [1.165, 1.54) is 0 Å². The number of hydrogen-bond donors (Lipinski definition) is 1. The second-order valence-corrected chi connectivity index (χ2v) is 6.78. The van der Waals surface area contributed by atoms with E-state index >= 15 is 0 Å². The molecule has 0 aromatic carbocycles. The second kappa shape index (κ2) is 6.27. The molecular formula is C14H12F6N2OS. The van der Waals surface area contributed by atoms with Crippen LogP contribution in [0.4, 0.5) is 31.3 Å². The molecule has 10 heteroatoms. The topological polar surface area (TPSA) is 52.9 Å². The van der Waals surface area contributed by atoms with Crippen molar-refractivity contribution in [3.63, 3.8) is 0 Å². The summed E-state index contributed by atoms with van der Waals surface area (Å²) in [6.07, 6.45) is -9.68. The molecule has 0 bridgehead atoms. The van der Waals surface area contributed by atoms with Crippen molar-refractivity contribution in [2.24, 2.45) is 11.8 Å². The van der Waals surface area contributed by atoms with Crippen LogP contribution in [0.2, 0.25) is 0 Å². The highest BCUT2D eigenvalue weighted by Crippen LogP contribution is 2.42. The Morgan fingerprint density at radius 2 is 1.88 bits per heavy atom. The number of nitrogens with zero attached hydrogens (tertiary/aromatic N) is 1. The molecule has 0 radical (unpaired) electrons. The second-order valence-electron chi connectivity index (χ2n) is 5.67. The van der Waals surface area contributed by atoms with Crippen molar-refractivity contribution in [3.8, 4) is 6.07 Å². The van der Waals surface area contributed by atoms with Gasteiger partial charge in [-0.05, 0) is 30.7 Å². The van der Waals surface area contributed by atoms with Gasteiger partial charge < -0.3 is 5.32 Å². The van der Waals surface area contributed by atoms with Crippen LogP contribution in [-0.2, 0) is 17.6 Å². The van der Waals surface area contributed by atoms with Gasteiger partial charge in [0.05, 0.1) is 5.56 Å². The van der Waals surface area contributed by atoms with E-state index in [-0.39, 0.29) is 10.6 Å². The summed E-state index contributed by atoms with van der Waals surface area (Å²) < 4.78 is 75.5. The number of fused-ring (bicyclic) bond motifs is 1. The van der Waals surface area contributed by atoms with E-state index in [9.17, 15) is 31.1 Å². The summed E-state index contributed by atoms with van der Waals surface area (Å²) in [4.78, 5) is 12.3. The summed E-state index contributed by atoms with van der Waals surface area (Å²) in [5.41, 5.74) is 0.560. The van der Waals surface area contributed by atoms with Crippen molar-refractivity contribution < 1.29 is 31.1 Å². The molecule has 0 spiro atoms. The predicted octanol–water partition coefficient (Wildman–Crippen LogP) is 4.42. The van der Waals surface area contributed by atoms with Gasteiger partial charge in [0.2, 0.25) is 11.8 Å². The van der Waals surface area contributed by atoms with Gasteiger partial charge in [-0.1, -0.05) is 6.92 Å². The molecule has 1 aliphatic rings. The van der Waals surface area contributed by atoms with Gasteiger partial charge in [-0.15, -0.1) is 11.3 Å². The van der Waals surface area contributed by atoms with Gasteiger partial charge in [0.1, 0.15) is 11.1 Å². The van der Waals surface area contributed by atoms with Crippen LogP contribution in [0.3, 0.4) is 0 Å². The lowest BCUT2D eigenvalue weighted by Gasteiger charge is -2.21. The molecule has 24 heavy (non-hydrogen) atoms. The Bertz CT molecular complexity index is 671. The van der Waals surface area contributed by atoms with Crippen molar-refractivity contribution in [2.75, 3.05) is 5.32 Å². The molecule has 2 rings (SSSR count). The molecule has 0 unspecified atom stereocenters. The van der Waals surface area contributed by atoms with Gasteiger partial charge in [0, 0.05) is 4.88 Å². The fourth-order valence-corrected chi connectivity index (χ4v) is 3.99. The van der Waals surface area contributed by atoms with Crippen LogP contribution in [0, 0.1) is 23.2 Å². The van der Waals surface area contributed by atoms with E-state index in [0.29, 0.717) is 24.3 Å². The maximum atomic E-state index is 12.6. The average Bonchev–Trinajstić information content (AvgIpc) is 2.70. The van der Waals surface area contributed by atoms with Crippen LogP contribution >= 0.6 is 11.3 Å². The zero-order valence-electron chi connectivity index (χ0n) is 12.3. The number of nitriles is 1. The van der Waals surface area contributed by atoms with Gasteiger partial charge in [-0.25, -0.2) is 0 Å². The molecule has 1 aromatic rings. The maximum Gasteiger partial charge on any atom is 0.409 e. The Morgan fingerprint density at radius 3 is 2.38 bits per heavy atom. The maximum absolute atomic E-state index is 12.6. The molecule has 1 heterocycles. The number of amides is 1. The highest BCUT2D eigenvalue weighted by atomic mass is 32.1. The summed E-state index contributed by atoms with van der Waals surface area (Å²) in [5, 5.41) is 10.6. The number of carbonyl (C=O) groups is 1. The third-order valence-corrected chi connectivity index (χ3v) is 4.95. The van der Waals surface area contributed by atoms with Gasteiger partial charge >= 0.3 is 12.4 Å². The molecule has 0 saturated heterocycles. The monoisotopic (exact) mass is 370 g/mol. The third-order valence-electron chi connectivity index (χ3n) is 3.78. The number of alkyl halides is 6.